The molecule has 3 rings (SSSR count). The van der Waals surface area contributed by atoms with Crippen LogP contribution in [0.15, 0.2) is 54.6 Å². The summed E-state index contributed by atoms with van der Waals surface area (Å²) in [6.45, 7) is 5.82. The molecule has 0 saturated carbocycles. The second-order valence-corrected chi connectivity index (χ2v) is 4.22. The molecule has 0 atom stereocenters. The van der Waals surface area contributed by atoms with Crippen LogP contribution in [0.1, 0.15) is 18.5 Å². The Morgan fingerprint density at radius 3 is 1.00 bits per heavy atom. The van der Waals surface area contributed by atoms with Crippen molar-refractivity contribution in [3.8, 4) is 0 Å². The van der Waals surface area contributed by atoms with Gasteiger partial charge in [0.1, 0.15) is 0 Å². The number of hydrogen-bond donors (Lipinski definition) is 0. The number of aryl methyl sites for hydroxylation is 3. The molecule has 0 amide bonds. The molecule has 0 aliphatic carbocycles. The fourth-order valence-corrected chi connectivity index (χ4v) is 1.22. The number of aromatic nitrogens is 3. The van der Waals surface area contributed by atoms with Crippen molar-refractivity contribution in [3.63, 3.8) is 0 Å². The average Bonchev–Trinajstić information content (AvgIpc) is 2.51. The van der Waals surface area contributed by atoms with Crippen molar-refractivity contribution in [2.45, 2.75) is 20.8 Å². The molecule has 22 heavy (non-hydrogen) atoms. The van der Waals surface area contributed by atoms with Crippen molar-refractivity contribution in [1.82, 2.24) is 15.0 Å². The Morgan fingerprint density at radius 2 is 0.909 bits per heavy atom. The van der Waals surface area contributed by atoms with Gasteiger partial charge < -0.3 is 0 Å². The monoisotopic (exact) mass is 398 g/mol. The molecule has 0 N–H and O–H groups in total. The number of pyridine rings is 3. The minimum Gasteiger partial charge on any atom is -0.251 e. The summed E-state index contributed by atoms with van der Waals surface area (Å²) in [6.07, 6.45) is 8.13. The van der Waals surface area contributed by atoms with Crippen molar-refractivity contribution >= 4 is 23.9 Å². The third-order valence-corrected chi connectivity index (χ3v) is 2.25. The van der Waals surface area contributed by atoms with Gasteiger partial charge in [-0.25, -0.2) is 0 Å². The summed E-state index contributed by atoms with van der Waals surface area (Å²) >= 11 is 0. The predicted molar refractivity (Wildman–Crippen MR) is 91.3 cm³/mol. The molecule has 3 aromatic heterocycles. The first-order chi connectivity index (χ1) is 10.2. The van der Waals surface area contributed by atoms with Gasteiger partial charge in [-0.1, -0.05) is 18.2 Å². The van der Waals surface area contributed by atoms with Gasteiger partial charge in [-0.15, -0.1) is 0 Å². The summed E-state index contributed by atoms with van der Waals surface area (Å²) in [5, 5.41) is 0. The third kappa shape index (κ3) is 11.0. The molecule has 3 nitrogen and oxygen atoms in total. The first-order valence-corrected chi connectivity index (χ1v) is 6.57. The van der Waals surface area contributed by atoms with Crippen molar-refractivity contribution in [1.29, 1.82) is 0 Å². The zero-order chi connectivity index (χ0) is 15.3. The summed E-state index contributed by atoms with van der Waals surface area (Å²) in [7, 11) is 0. The van der Waals surface area contributed by atoms with Gasteiger partial charge in [0.2, 0.25) is 0 Å². The Hall–Kier alpha value is -1.75. The molecule has 3 aromatic rings. The van der Waals surface area contributed by atoms with Crippen LogP contribution >= 0.6 is 0 Å². The quantitative estimate of drug-likeness (QED) is 0.546. The smallest absolute Gasteiger partial charge is 0.0889 e. The van der Waals surface area contributed by atoms with Gasteiger partial charge in [0, 0.05) is 42.4 Å². The third-order valence-electron chi connectivity index (χ3n) is 2.25. The van der Waals surface area contributed by atoms with Crippen LogP contribution in [0.3, 0.4) is 0 Å². The van der Waals surface area contributed by atoms with Crippen LogP contribution in [0.2, 0.25) is 0 Å². The molecular formula is C18H20N3Sn. The summed E-state index contributed by atoms with van der Waals surface area (Å²) in [5.41, 5.74) is 3.05. The Labute approximate surface area is 151 Å². The minimum atomic E-state index is 0. The molecule has 0 aliphatic rings. The van der Waals surface area contributed by atoms with E-state index in [9.17, 15) is 0 Å². The Morgan fingerprint density at radius 1 is 0.636 bits per heavy atom. The molecule has 0 unspecified atom stereocenters. The van der Waals surface area contributed by atoms with Gasteiger partial charge in [0.15, 0.2) is 0 Å². The summed E-state index contributed by atoms with van der Waals surface area (Å²) in [5.74, 6) is 0. The Bertz CT molecular complexity index is 503. The van der Waals surface area contributed by atoms with Crippen LogP contribution in [0.4, 0.5) is 0 Å². The van der Waals surface area contributed by atoms with Crippen molar-refractivity contribution < 1.29 is 1.43 Å². The van der Waals surface area contributed by atoms with E-state index in [1.54, 1.807) is 18.2 Å². The van der Waals surface area contributed by atoms with Crippen LogP contribution < -0.4 is 0 Å². The zero-order valence-electron chi connectivity index (χ0n) is 13.0. The molecule has 0 fully saturated rings. The Balaban J connectivity index is 0. The van der Waals surface area contributed by atoms with Crippen LogP contribution in [-0.4, -0.2) is 38.9 Å². The van der Waals surface area contributed by atoms with E-state index >= 15 is 0 Å². The van der Waals surface area contributed by atoms with Gasteiger partial charge in [0.25, 0.3) is 0 Å². The van der Waals surface area contributed by atoms with Crippen LogP contribution in [0.5, 0.6) is 0 Å². The van der Waals surface area contributed by atoms with E-state index in [1.807, 2.05) is 57.2 Å². The van der Waals surface area contributed by atoms with Crippen molar-refractivity contribution in [3.05, 3.63) is 90.3 Å². The van der Waals surface area contributed by atoms with Crippen molar-refractivity contribution in [2.24, 2.45) is 0 Å². The summed E-state index contributed by atoms with van der Waals surface area (Å²) < 4.78 is 0. The largest absolute Gasteiger partial charge is 0.251 e. The van der Waals surface area contributed by atoms with E-state index < -0.39 is 0 Å². The second-order valence-electron chi connectivity index (χ2n) is 4.22. The van der Waals surface area contributed by atoms with Gasteiger partial charge >= 0.3 is 0 Å². The fraction of sp³-hybridized carbons (Fsp3) is 0.167. The molecule has 0 aliphatic heterocycles. The fourth-order valence-electron chi connectivity index (χ4n) is 1.22. The molecule has 0 saturated heterocycles. The first-order valence-electron chi connectivity index (χ1n) is 6.57. The van der Waals surface area contributed by atoms with E-state index in [-0.39, 0.29) is 25.3 Å². The van der Waals surface area contributed by atoms with E-state index in [4.69, 9.17) is 0 Å². The molecule has 4 heteroatoms. The molecular weight excluding hydrogens is 377 g/mol. The number of hydrogen-bond acceptors (Lipinski definition) is 3. The second kappa shape index (κ2) is 12.9. The maximum Gasteiger partial charge on any atom is 0.0889 e. The van der Waals surface area contributed by atoms with Crippen molar-refractivity contribution in [2.75, 3.05) is 0 Å². The van der Waals surface area contributed by atoms with Crippen LogP contribution in [-0.2, 0) is 0 Å². The molecule has 0 aromatic carbocycles. The van der Waals surface area contributed by atoms with Gasteiger partial charge in [-0.05, 0) is 57.2 Å². The molecule has 0 spiro atoms. The summed E-state index contributed by atoms with van der Waals surface area (Å²) in [6, 6.07) is 16.9. The SMILES string of the molecule is Cc1ccc[c]n1.Cc1ccc[c]n1.Cc1ccc[c]n1.[HH].[Sn]. The van der Waals surface area contributed by atoms with Gasteiger partial charge in [-0.2, -0.15) is 0 Å². The maximum absolute atomic E-state index is 3.85. The van der Waals surface area contributed by atoms with E-state index in [0.717, 1.165) is 17.1 Å². The normalized spacial score (nSPS) is 8.32. The van der Waals surface area contributed by atoms with Gasteiger partial charge in [0.05, 0.1) is 18.6 Å². The maximum atomic E-state index is 3.85. The molecule has 111 valence electrons. The van der Waals surface area contributed by atoms with Crippen LogP contribution in [0.25, 0.3) is 0 Å². The van der Waals surface area contributed by atoms with Crippen LogP contribution in [0, 0.1) is 39.4 Å². The summed E-state index contributed by atoms with van der Waals surface area (Å²) in [4.78, 5) is 11.6. The molecule has 7 radical (unpaired) electrons. The minimum absolute atomic E-state index is 0. The van der Waals surface area contributed by atoms with E-state index in [1.165, 1.54) is 0 Å². The molecule has 3 heterocycles. The number of nitrogens with zero attached hydrogens (tertiary/aromatic N) is 3. The van der Waals surface area contributed by atoms with Gasteiger partial charge in [-0.3, -0.25) is 15.0 Å². The standard InChI is InChI=1S/3C6H6N.Sn.H2/c3*1-6-4-2-3-5-7-6;;/h3*2-4H,1H3;;1H. The predicted octanol–water partition coefficient (Wildman–Crippen LogP) is 3.44. The Kier molecular flexibility index (Phi) is 11.9. The zero-order valence-corrected chi connectivity index (χ0v) is 15.9. The molecule has 0 bridgehead atoms. The average molecular weight is 397 g/mol. The number of rotatable bonds is 0. The van der Waals surface area contributed by atoms with E-state index in [0.29, 0.717) is 0 Å². The van der Waals surface area contributed by atoms with E-state index in [2.05, 4.69) is 33.5 Å². The topological polar surface area (TPSA) is 38.7 Å². The first kappa shape index (κ1) is 20.2.